The molecule has 12 heteroatoms. The molecular weight excluding hydrogens is 458 g/mol. The number of carbonyl (C=O) groups excluding carboxylic acids is 2. The number of hydrogen-bond donors (Lipinski definition) is 3. The van der Waals surface area contributed by atoms with E-state index in [0.29, 0.717) is 19.6 Å². The summed E-state index contributed by atoms with van der Waals surface area (Å²) in [6.07, 6.45) is 1.48. The lowest BCUT2D eigenvalue weighted by molar-refractivity contribution is -0.129. The van der Waals surface area contributed by atoms with Crippen molar-refractivity contribution in [1.82, 2.24) is 9.62 Å². The third-order valence-corrected chi connectivity index (χ3v) is 6.58. The van der Waals surface area contributed by atoms with Crippen molar-refractivity contribution in [2.45, 2.75) is 44.1 Å². The third kappa shape index (κ3) is 8.05. The Morgan fingerprint density at radius 2 is 2.00 bits per heavy atom. The molecule has 32 heavy (non-hydrogen) atoms. The molecule has 1 saturated heterocycles. The lowest BCUT2D eigenvalue weighted by Gasteiger charge is -2.24. The first-order valence-electron chi connectivity index (χ1n) is 10.2. The highest BCUT2D eigenvalue weighted by molar-refractivity contribution is 7.88. The molecular formula is C20H30ClN5O5S. The molecule has 3 atom stereocenters. The zero-order chi connectivity index (χ0) is 23.7. The van der Waals surface area contributed by atoms with Crippen molar-refractivity contribution in [1.29, 1.82) is 0 Å². The number of Topliss-reactive ketones (excluding diaryl/α,β-unsaturated/α-hetero) is 1. The molecule has 0 aromatic heterocycles. The zero-order valence-electron chi connectivity index (χ0n) is 17.9. The number of hydrogen-bond acceptors (Lipinski definition) is 6. The van der Waals surface area contributed by atoms with Crippen molar-refractivity contribution in [3.05, 3.63) is 35.9 Å². The molecule has 0 bridgehead atoms. The highest BCUT2D eigenvalue weighted by atomic mass is 35.5. The summed E-state index contributed by atoms with van der Waals surface area (Å²) in [7, 11) is -3.67. The molecule has 178 valence electrons. The Morgan fingerprint density at radius 3 is 2.59 bits per heavy atom. The fourth-order valence-corrected chi connectivity index (χ4v) is 4.73. The number of nitrogens with zero attached hydrogens (tertiary/aromatic N) is 2. The number of aliphatic imine (C=N–C) groups is 1. The molecule has 1 heterocycles. The van der Waals surface area contributed by atoms with Crippen LogP contribution in [0.3, 0.4) is 0 Å². The van der Waals surface area contributed by atoms with Crippen molar-refractivity contribution in [2.24, 2.45) is 16.5 Å². The fourth-order valence-electron chi connectivity index (χ4n) is 3.46. The van der Waals surface area contributed by atoms with Crippen LogP contribution >= 0.6 is 11.6 Å². The predicted molar refractivity (Wildman–Crippen MR) is 123 cm³/mol. The summed E-state index contributed by atoms with van der Waals surface area (Å²) < 4.78 is 31.5. The van der Waals surface area contributed by atoms with Crippen molar-refractivity contribution in [3.63, 3.8) is 0 Å². The summed E-state index contributed by atoms with van der Waals surface area (Å²) in [5.74, 6) is -1.28. The number of nitrogens with two attached hydrogens (primary N) is 2. The van der Waals surface area contributed by atoms with Crippen LogP contribution in [0.4, 0.5) is 0 Å². The number of halogens is 1. The van der Waals surface area contributed by atoms with E-state index >= 15 is 0 Å². The van der Waals surface area contributed by atoms with Gasteiger partial charge in [-0.3, -0.25) is 14.6 Å². The van der Waals surface area contributed by atoms with Gasteiger partial charge in [0, 0.05) is 19.5 Å². The van der Waals surface area contributed by atoms with Crippen LogP contribution in [0.5, 0.6) is 0 Å². The van der Waals surface area contributed by atoms with Gasteiger partial charge in [0.1, 0.15) is 6.04 Å². The Morgan fingerprint density at radius 1 is 1.31 bits per heavy atom. The topological polar surface area (TPSA) is 157 Å². The van der Waals surface area contributed by atoms with Crippen LogP contribution in [-0.4, -0.2) is 73.8 Å². The minimum Gasteiger partial charge on any atom is -0.372 e. The number of benzene rings is 1. The minimum atomic E-state index is -3.67. The Balaban J connectivity index is 2.04. The molecule has 5 N–H and O–H groups in total. The normalized spacial score (nSPS) is 19.9. The summed E-state index contributed by atoms with van der Waals surface area (Å²) in [5.41, 5.74) is 11.5. The Labute approximate surface area is 193 Å². The van der Waals surface area contributed by atoms with E-state index < -0.39 is 34.1 Å². The van der Waals surface area contributed by atoms with Gasteiger partial charge in [0.15, 0.2) is 11.7 Å². The summed E-state index contributed by atoms with van der Waals surface area (Å²) in [6.45, 7) is 0.649. The van der Waals surface area contributed by atoms with Gasteiger partial charge in [0.25, 0.3) is 0 Å². The maximum atomic E-state index is 13.0. The van der Waals surface area contributed by atoms with Gasteiger partial charge in [-0.05, 0) is 18.4 Å². The van der Waals surface area contributed by atoms with Crippen LogP contribution in [0.1, 0.15) is 24.8 Å². The van der Waals surface area contributed by atoms with Gasteiger partial charge in [-0.2, -0.15) is 4.31 Å². The first-order valence-corrected chi connectivity index (χ1v) is 12.6. The number of sulfonamides is 1. The van der Waals surface area contributed by atoms with Gasteiger partial charge in [0.05, 0.1) is 30.9 Å². The SMILES string of the molecule is CS(=O)(=O)N1C[C@H](OCc2ccccc2)C[C@H]1C(=O)N[C@@H](CCCN=C(N)N)C(=O)CCl. The fraction of sp³-hybridized carbons (Fsp3) is 0.550. The van der Waals surface area contributed by atoms with E-state index in [0.717, 1.165) is 16.1 Å². The molecule has 1 aromatic carbocycles. The third-order valence-electron chi connectivity index (χ3n) is 5.06. The standard InChI is InChI=1S/C20H30ClN5O5S/c1-32(29,30)26-12-15(31-13-14-6-3-2-4-7-14)10-17(26)19(28)25-16(18(27)11-21)8-5-9-24-20(22)23/h2-4,6-7,15-17H,5,8-13H2,1H3,(H,25,28)(H4,22,23,24)/t15-,16+,17+/m1/s1. The molecule has 0 unspecified atom stereocenters. The Hall–Kier alpha value is -2.21. The number of rotatable bonds is 12. The Kier molecular flexibility index (Phi) is 9.88. The molecule has 1 aliphatic heterocycles. The molecule has 2 rings (SSSR count). The van der Waals surface area contributed by atoms with Gasteiger partial charge in [0.2, 0.25) is 15.9 Å². The predicted octanol–water partition coefficient (Wildman–Crippen LogP) is -0.0480. The first kappa shape index (κ1) is 26.0. The summed E-state index contributed by atoms with van der Waals surface area (Å²) >= 11 is 5.68. The molecule has 0 saturated carbocycles. The van der Waals surface area contributed by atoms with E-state index in [4.69, 9.17) is 27.8 Å². The average molecular weight is 488 g/mol. The van der Waals surface area contributed by atoms with Crippen molar-refractivity contribution < 1.29 is 22.7 Å². The van der Waals surface area contributed by atoms with E-state index in [2.05, 4.69) is 10.3 Å². The van der Waals surface area contributed by atoms with E-state index in [1.54, 1.807) is 0 Å². The molecule has 0 aliphatic carbocycles. The quantitative estimate of drug-likeness (QED) is 0.161. The second kappa shape index (κ2) is 12.1. The number of nitrogens with one attached hydrogen (secondary N) is 1. The van der Waals surface area contributed by atoms with Crippen LogP contribution < -0.4 is 16.8 Å². The second-order valence-electron chi connectivity index (χ2n) is 7.61. The molecule has 10 nitrogen and oxygen atoms in total. The number of alkyl halides is 1. The van der Waals surface area contributed by atoms with Crippen LogP contribution in [0.2, 0.25) is 0 Å². The summed E-state index contributed by atoms with van der Waals surface area (Å²) in [5, 5.41) is 2.65. The summed E-state index contributed by atoms with van der Waals surface area (Å²) in [6, 6.07) is 7.62. The van der Waals surface area contributed by atoms with Crippen LogP contribution in [0, 0.1) is 0 Å². The number of ketones is 1. The smallest absolute Gasteiger partial charge is 0.239 e. The largest absolute Gasteiger partial charge is 0.372 e. The van der Waals surface area contributed by atoms with Crippen LogP contribution in [0.25, 0.3) is 0 Å². The molecule has 1 amide bonds. The zero-order valence-corrected chi connectivity index (χ0v) is 19.5. The molecule has 1 fully saturated rings. The number of guanidine groups is 1. The molecule has 1 aliphatic rings. The molecule has 0 radical (unpaired) electrons. The average Bonchev–Trinajstić information content (AvgIpc) is 3.19. The number of amides is 1. The minimum absolute atomic E-state index is 0.0579. The lowest BCUT2D eigenvalue weighted by atomic mass is 10.1. The van der Waals surface area contributed by atoms with E-state index in [1.165, 1.54) is 0 Å². The lowest BCUT2D eigenvalue weighted by Crippen LogP contribution is -2.50. The second-order valence-corrected chi connectivity index (χ2v) is 9.82. The number of carbonyl (C=O) groups is 2. The first-order chi connectivity index (χ1) is 15.1. The highest BCUT2D eigenvalue weighted by Gasteiger charge is 2.43. The van der Waals surface area contributed by atoms with Crippen LogP contribution in [-0.2, 0) is 31.0 Å². The summed E-state index contributed by atoms with van der Waals surface area (Å²) in [4.78, 5) is 29.0. The van der Waals surface area contributed by atoms with Crippen molar-refractivity contribution in [2.75, 3.05) is 25.2 Å². The molecule has 1 aromatic rings. The highest BCUT2D eigenvalue weighted by Crippen LogP contribution is 2.24. The van der Waals surface area contributed by atoms with Crippen molar-refractivity contribution >= 4 is 39.3 Å². The molecule has 0 spiro atoms. The Bertz CT molecular complexity index is 908. The van der Waals surface area contributed by atoms with Gasteiger partial charge >= 0.3 is 0 Å². The number of ether oxygens (including phenoxy) is 1. The van der Waals surface area contributed by atoms with E-state index in [9.17, 15) is 18.0 Å². The van der Waals surface area contributed by atoms with Gasteiger partial charge < -0.3 is 21.5 Å². The van der Waals surface area contributed by atoms with Gasteiger partial charge in [-0.25, -0.2) is 8.42 Å². The van der Waals surface area contributed by atoms with E-state index in [1.807, 2.05) is 30.3 Å². The van der Waals surface area contributed by atoms with Crippen molar-refractivity contribution in [3.8, 4) is 0 Å². The van der Waals surface area contributed by atoms with Gasteiger partial charge in [-0.1, -0.05) is 30.3 Å². The monoisotopic (exact) mass is 487 g/mol. The van der Waals surface area contributed by atoms with E-state index in [-0.39, 0.29) is 37.0 Å². The van der Waals surface area contributed by atoms with Crippen LogP contribution in [0.15, 0.2) is 35.3 Å². The maximum Gasteiger partial charge on any atom is 0.239 e. The van der Waals surface area contributed by atoms with Gasteiger partial charge in [-0.15, -0.1) is 11.6 Å². The maximum absolute atomic E-state index is 13.0.